The predicted molar refractivity (Wildman–Crippen MR) is 118 cm³/mol. The molecule has 164 valence electrons. The number of nitrogens with zero attached hydrogens (tertiary/aromatic N) is 4. The summed E-state index contributed by atoms with van der Waals surface area (Å²) in [6.45, 7) is 1.58. The van der Waals surface area contributed by atoms with Gasteiger partial charge in [-0.1, -0.05) is 29.2 Å². The molecule has 0 aliphatic carbocycles. The lowest BCUT2D eigenvalue weighted by Crippen LogP contribution is -2.13. The molecule has 32 heavy (non-hydrogen) atoms. The zero-order valence-electron chi connectivity index (χ0n) is 16.3. The number of nitrogens with one attached hydrogen (secondary N) is 2. The fraction of sp³-hybridized carbons (Fsp3) is 0.111. The fourth-order valence-corrected chi connectivity index (χ4v) is 3.97. The topological polar surface area (TPSA) is 170 Å². The number of nitro groups is 2. The third-order valence-corrected chi connectivity index (χ3v) is 5.96. The summed E-state index contributed by atoms with van der Waals surface area (Å²) in [6.07, 6.45) is 0. The minimum absolute atomic E-state index is 0.00369. The Morgan fingerprint density at radius 2 is 1.75 bits per heavy atom. The van der Waals surface area contributed by atoms with Gasteiger partial charge < -0.3 is 5.32 Å². The lowest BCUT2D eigenvalue weighted by molar-refractivity contribution is -0.385. The van der Waals surface area contributed by atoms with E-state index in [1.54, 1.807) is 6.92 Å². The highest BCUT2D eigenvalue weighted by Crippen LogP contribution is 2.27. The van der Waals surface area contributed by atoms with Crippen LogP contribution in [-0.2, 0) is 4.79 Å². The zero-order chi connectivity index (χ0) is 23.3. The number of non-ortho nitro benzene ring substituents is 1. The Morgan fingerprint density at radius 3 is 2.41 bits per heavy atom. The van der Waals surface area contributed by atoms with E-state index in [0.29, 0.717) is 15.6 Å². The summed E-state index contributed by atoms with van der Waals surface area (Å²) in [6, 6.07) is 9.55. The molecule has 0 bridgehead atoms. The van der Waals surface area contributed by atoms with Crippen LogP contribution in [0.25, 0.3) is 0 Å². The smallest absolute Gasteiger partial charge is 0.273 e. The highest BCUT2D eigenvalue weighted by Gasteiger charge is 2.17. The van der Waals surface area contributed by atoms with Crippen molar-refractivity contribution < 1.29 is 19.4 Å². The summed E-state index contributed by atoms with van der Waals surface area (Å²) in [5.41, 5.74) is 0.715. The number of hydrogen-bond donors (Lipinski definition) is 2. The van der Waals surface area contributed by atoms with Crippen molar-refractivity contribution in [1.82, 2.24) is 10.2 Å². The molecular weight excluding hydrogens is 460 g/mol. The van der Waals surface area contributed by atoms with Crippen molar-refractivity contribution in [3.05, 3.63) is 73.8 Å². The summed E-state index contributed by atoms with van der Waals surface area (Å²) in [7, 11) is 0. The Bertz CT molecular complexity index is 1200. The average molecular weight is 474 g/mol. The van der Waals surface area contributed by atoms with Crippen molar-refractivity contribution in [2.24, 2.45) is 0 Å². The first-order valence-corrected chi connectivity index (χ1v) is 10.6. The van der Waals surface area contributed by atoms with Gasteiger partial charge in [0.1, 0.15) is 0 Å². The van der Waals surface area contributed by atoms with Gasteiger partial charge in [-0.15, -0.1) is 10.2 Å². The summed E-state index contributed by atoms with van der Waals surface area (Å²) in [5.74, 6) is -0.919. The van der Waals surface area contributed by atoms with Gasteiger partial charge in [-0.2, -0.15) is 0 Å². The molecule has 2 N–H and O–H groups in total. The van der Waals surface area contributed by atoms with Gasteiger partial charge in [0.05, 0.1) is 15.6 Å². The van der Waals surface area contributed by atoms with Crippen LogP contribution in [0.15, 0.2) is 46.8 Å². The monoisotopic (exact) mass is 474 g/mol. The molecule has 0 unspecified atom stereocenters. The molecule has 14 heteroatoms. The second kappa shape index (κ2) is 9.93. The van der Waals surface area contributed by atoms with E-state index in [2.05, 4.69) is 20.8 Å². The predicted octanol–water partition coefficient (Wildman–Crippen LogP) is 3.65. The van der Waals surface area contributed by atoms with E-state index in [1.165, 1.54) is 42.5 Å². The van der Waals surface area contributed by atoms with Crippen LogP contribution in [0.3, 0.4) is 0 Å². The van der Waals surface area contributed by atoms with Crippen molar-refractivity contribution in [3.8, 4) is 0 Å². The summed E-state index contributed by atoms with van der Waals surface area (Å²) in [4.78, 5) is 45.0. The fourth-order valence-electron chi connectivity index (χ4n) is 2.43. The van der Waals surface area contributed by atoms with Crippen LogP contribution in [0, 0.1) is 27.2 Å². The number of thioether (sulfide) groups is 1. The molecule has 2 aromatic carbocycles. The number of benzene rings is 2. The Labute approximate surface area is 188 Å². The normalized spacial score (nSPS) is 10.4. The molecule has 0 saturated carbocycles. The average Bonchev–Trinajstić information content (AvgIpc) is 3.20. The van der Waals surface area contributed by atoms with Crippen LogP contribution in [-0.4, -0.2) is 37.6 Å². The van der Waals surface area contributed by atoms with Crippen molar-refractivity contribution >= 4 is 57.1 Å². The van der Waals surface area contributed by atoms with Crippen LogP contribution in [0.2, 0.25) is 0 Å². The highest BCUT2D eigenvalue weighted by molar-refractivity contribution is 8.01. The Kier molecular flexibility index (Phi) is 7.07. The van der Waals surface area contributed by atoms with E-state index in [9.17, 15) is 29.8 Å². The van der Waals surface area contributed by atoms with Crippen molar-refractivity contribution in [2.75, 3.05) is 16.4 Å². The first kappa shape index (κ1) is 22.8. The number of amides is 2. The van der Waals surface area contributed by atoms with Gasteiger partial charge >= 0.3 is 0 Å². The van der Waals surface area contributed by atoms with E-state index in [4.69, 9.17) is 0 Å². The SMILES string of the molecule is Cc1ccc(C(=O)Nc2nnc(SCC(=O)Nc3ccc([N+](=O)[O-])cc3)s2)cc1[N+](=O)[O-]. The van der Waals surface area contributed by atoms with Gasteiger partial charge in [0.25, 0.3) is 17.3 Å². The van der Waals surface area contributed by atoms with Gasteiger partial charge in [0.15, 0.2) is 4.34 Å². The quantitative estimate of drug-likeness (QED) is 0.214. The third kappa shape index (κ3) is 5.83. The first-order valence-electron chi connectivity index (χ1n) is 8.80. The van der Waals surface area contributed by atoms with Crippen molar-refractivity contribution in [3.63, 3.8) is 0 Å². The molecule has 3 rings (SSSR count). The minimum Gasteiger partial charge on any atom is -0.325 e. The third-order valence-electron chi connectivity index (χ3n) is 3.98. The number of nitro benzene ring substituents is 2. The highest BCUT2D eigenvalue weighted by atomic mass is 32.2. The van der Waals surface area contributed by atoms with Crippen LogP contribution < -0.4 is 10.6 Å². The van der Waals surface area contributed by atoms with Gasteiger partial charge in [-0.3, -0.25) is 35.1 Å². The molecule has 0 aliphatic heterocycles. The lowest BCUT2D eigenvalue weighted by atomic mass is 10.1. The molecule has 0 aliphatic rings. The zero-order valence-corrected chi connectivity index (χ0v) is 17.9. The Morgan fingerprint density at radius 1 is 1.03 bits per heavy atom. The van der Waals surface area contributed by atoms with E-state index in [-0.39, 0.29) is 33.7 Å². The minimum atomic E-state index is -0.572. The van der Waals surface area contributed by atoms with Gasteiger partial charge in [0.2, 0.25) is 11.0 Å². The molecule has 12 nitrogen and oxygen atoms in total. The molecule has 1 heterocycles. The number of carbonyl (C=O) groups is 2. The van der Waals surface area contributed by atoms with Crippen LogP contribution >= 0.6 is 23.1 Å². The second-order valence-corrected chi connectivity index (χ2v) is 8.43. The van der Waals surface area contributed by atoms with Crippen LogP contribution in [0.1, 0.15) is 15.9 Å². The van der Waals surface area contributed by atoms with E-state index in [0.717, 1.165) is 23.1 Å². The summed E-state index contributed by atoms with van der Waals surface area (Å²) < 4.78 is 0.425. The van der Waals surface area contributed by atoms with E-state index >= 15 is 0 Å². The van der Waals surface area contributed by atoms with E-state index < -0.39 is 15.8 Å². The number of aromatic nitrogens is 2. The maximum Gasteiger partial charge on any atom is 0.273 e. The molecule has 0 saturated heterocycles. The number of aryl methyl sites for hydroxylation is 1. The summed E-state index contributed by atoms with van der Waals surface area (Å²) in [5, 5.41) is 34.7. The van der Waals surface area contributed by atoms with Crippen LogP contribution in [0.4, 0.5) is 22.2 Å². The van der Waals surface area contributed by atoms with Gasteiger partial charge in [0, 0.05) is 35.0 Å². The largest absolute Gasteiger partial charge is 0.325 e. The van der Waals surface area contributed by atoms with Crippen LogP contribution in [0.5, 0.6) is 0 Å². The van der Waals surface area contributed by atoms with Crippen molar-refractivity contribution in [1.29, 1.82) is 0 Å². The Hall–Kier alpha value is -3.91. The first-order chi connectivity index (χ1) is 15.2. The standard InChI is InChI=1S/C18H14N6O6S2/c1-10-2-3-11(8-14(10)24(29)30)16(26)20-17-21-22-18(32-17)31-9-15(25)19-12-4-6-13(7-5-12)23(27)28/h2-8H,9H2,1H3,(H,19,25)(H,20,21,26). The maximum absolute atomic E-state index is 12.3. The molecule has 0 fully saturated rings. The molecule has 0 atom stereocenters. The Balaban J connectivity index is 1.54. The van der Waals surface area contributed by atoms with Gasteiger partial charge in [-0.25, -0.2) is 0 Å². The number of rotatable bonds is 8. The van der Waals surface area contributed by atoms with Crippen molar-refractivity contribution in [2.45, 2.75) is 11.3 Å². The lowest BCUT2D eigenvalue weighted by Gasteiger charge is -2.03. The second-order valence-electron chi connectivity index (χ2n) is 6.23. The van der Waals surface area contributed by atoms with E-state index in [1.807, 2.05) is 0 Å². The molecular formula is C18H14N6O6S2. The molecule has 2 amide bonds. The molecule has 0 radical (unpaired) electrons. The molecule has 3 aromatic rings. The number of hydrogen-bond acceptors (Lipinski definition) is 10. The number of anilines is 2. The molecule has 1 aromatic heterocycles. The number of carbonyl (C=O) groups excluding carboxylic acids is 2. The van der Waals surface area contributed by atoms with Gasteiger partial charge in [-0.05, 0) is 25.1 Å². The summed E-state index contributed by atoms with van der Waals surface area (Å²) >= 11 is 2.13. The molecule has 0 spiro atoms. The maximum atomic E-state index is 12.3.